The molecular weight excluding hydrogens is 306 g/mol. The fraction of sp³-hybridized carbons (Fsp3) is 0.429. The molecule has 1 amide bonds. The van der Waals surface area contributed by atoms with Gasteiger partial charge in [-0.1, -0.05) is 13.8 Å². The lowest BCUT2D eigenvalue weighted by atomic mass is 10.0. The van der Waals surface area contributed by atoms with Gasteiger partial charge < -0.3 is 14.8 Å². The van der Waals surface area contributed by atoms with E-state index in [0.717, 1.165) is 5.56 Å². The molecule has 0 bridgehead atoms. The average molecular weight is 323 g/mol. The Bertz CT molecular complexity index is 636. The number of carbonyl (C=O) groups is 2. The van der Waals surface area contributed by atoms with Crippen molar-refractivity contribution in [3.05, 3.63) is 22.7 Å². The lowest BCUT2D eigenvalue weighted by Gasteiger charge is -2.17. The van der Waals surface area contributed by atoms with Crippen molar-refractivity contribution in [2.75, 3.05) is 0 Å². The van der Waals surface area contributed by atoms with Crippen LogP contribution < -0.4 is 5.32 Å². The molecule has 7 nitrogen and oxygen atoms in total. The Balaban J connectivity index is 1.87. The second kappa shape index (κ2) is 7.17. The molecule has 118 valence electrons. The number of hydrogen-bond donors (Lipinski definition) is 2. The lowest BCUT2D eigenvalue weighted by molar-refractivity contribution is -0.143. The van der Waals surface area contributed by atoms with Crippen LogP contribution in [0, 0.1) is 5.92 Å². The Labute approximate surface area is 131 Å². The van der Waals surface area contributed by atoms with Gasteiger partial charge in [0.25, 0.3) is 0 Å². The van der Waals surface area contributed by atoms with Crippen LogP contribution in [-0.2, 0) is 16.0 Å². The molecule has 8 heteroatoms. The molecule has 0 spiro atoms. The van der Waals surface area contributed by atoms with E-state index in [0.29, 0.717) is 11.8 Å². The number of aryl methyl sites for hydroxylation is 1. The molecule has 0 saturated heterocycles. The maximum Gasteiger partial charge on any atom is 0.326 e. The Morgan fingerprint density at radius 3 is 2.77 bits per heavy atom. The third kappa shape index (κ3) is 4.14. The third-order valence-electron chi connectivity index (χ3n) is 3.05. The second-order valence-electron chi connectivity index (χ2n) is 5.14. The van der Waals surface area contributed by atoms with Gasteiger partial charge >= 0.3 is 5.97 Å². The first kappa shape index (κ1) is 16.2. The number of nitrogens with one attached hydrogen (secondary N) is 1. The predicted molar refractivity (Wildman–Crippen MR) is 80.3 cm³/mol. The summed E-state index contributed by atoms with van der Waals surface area (Å²) in [5, 5.41) is 23.1. The number of hydrogen-bond acceptors (Lipinski definition) is 6. The fourth-order valence-corrected chi connectivity index (χ4v) is 2.47. The van der Waals surface area contributed by atoms with Crippen molar-refractivity contribution in [1.29, 1.82) is 0 Å². The van der Waals surface area contributed by atoms with Gasteiger partial charge in [0.2, 0.25) is 17.7 Å². The predicted octanol–water partition coefficient (Wildman–Crippen LogP) is 1.96. The minimum atomic E-state index is -1.04. The van der Waals surface area contributed by atoms with E-state index < -0.39 is 12.0 Å². The van der Waals surface area contributed by atoms with Gasteiger partial charge in [0.15, 0.2) is 0 Å². The average Bonchev–Trinajstić information content (AvgIpc) is 3.12. The lowest BCUT2D eigenvalue weighted by Crippen LogP contribution is -2.44. The number of carboxylic acids is 1. The summed E-state index contributed by atoms with van der Waals surface area (Å²) in [7, 11) is 0. The summed E-state index contributed by atoms with van der Waals surface area (Å²) in [6.45, 7) is 3.48. The third-order valence-corrected chi connectivity index (χ3v) is 3.73. The van der Waals surface area contributed by atoms with Crippen LogP contribution in [0.5, 0.6) is 0 Å². The van der Waals surface area contributed by atoms with Gasteiger partial charge in [-0.25, -0.2) is 4.79 Å². The smallest absolute Gasteiger partial charge is 0.326 e. The highest BCUT2D eigenvalue weighted by molar-refractivity contribution is 7.08. The van der Waals surface area contributed by atoms with Gasteiger partial charge in [-0.2, -0.15) is 11.3 Å². The topological polar surface area (TPSA) is 105 Å². The minimum Gasteiger partial charge on any atom is -0.480 e. The van der Waals surface area contributed by atoms with E-state index in [1.54, 1.807) is 13.8 Å². The van der Waals surface area contributed by atoms with E-state index in [-0.39, 0.29) is 24.7 Å². The maximum absolute atomic E-state index is 11.8. The number of rotatable bonds is 7. The molecule has 2 N–H and O–H groups in total. The summed E-state index contributed by atoms with van der Waals surface area (Å²) in [6.07, 6.45) is 0.370. The Morgan fingerprint density at radius 2 is 2.18 bits per heavy atom. The first-order valence-electron chi connectivity index (χ1n) is 6.84. The zero-order valence-electron chi connectivity index (χ0n) is 12.3. The van der Waals surface area contributed by atoms with Gasteiger partial charge in [-0.15, -0.1) is 10.2 Å². The van der Waals surface area contributed by atoms with E-state index in [1.165, 1.54) is 11.3 Å². The van der Waals surface area contributed by atoms with Crippen molar-refractivity contribution >= 4 is 23.2 Å². The zero-order chi connectivity index (χ0) is 16.1. The van der Waals surface area contributed by atoms with E-state index in [9.17, 15) is 9.59 Å². The van der Waals surface area contributed by atoms with Crippen molar-refractivity contribution in [2.45, 2.75) is 32.7 Å². The van der Waals surface area contributed by atoms with E-state index >= 15 is 0 Å². The number of amides is 1. The molecule has 2 aromatic rings. The van der Waals surface area contributed by atoms with Crippen LogP contribution in [0.25, 0.3) is 11.5 Å². The summed E-state index contributed by atoms with van der Waals surface area (Å²) in [6, 6.07) is 0.978. The highest BCUT2D eigenvalue weighted by Crippen LogP contribution is 2.20. The first-order chi connectivity index (χ1) is 10.5. The van der Waals surface area contributed by atoms with E-state index in [4.69, 9.17) is 9.52 Å². The number of carbonyl (C=O) groups excluding carboxylic acids is 1. The quantitative estimate of drug-likeness (QED) is 0.807. The van der Waals surface area contributed by atoms with Crippen LogP contribution >= 0.6 is 11.3 Å². The first-order valence-corrected chi connectivity index (χ1v) is 7.78. The normalized spacial score (nSPS) is 12.3. The number of aromatic nitrogens is 2. The van der Waals surface area contributed by atoms with Crippen LogP contribution in [0.1, 0.15) is 26.2 Å². The summed E-state index contributed by atoms with van der Waals surface area (Å²) >= 11 is 1.53. The zero-order valence-corrected chi connectivity index (χ0v) is 13.1. The van der Waals surface area contributed by atoms with Crippen LogP contribution in [-0.4, -0.2) is 33.2 Å². The summed E-state index contributed by atoms with van der Waals surface area (Å²) in [4.78, 5) is 22.8. The SMILES string of the molecule is CC(C)C(NC(=O)CCc1nnc(-c2ccsc2)o1)C(=O)O. The highest BCUT2D eigenvalue weighted by Gasteiger charge is 2.23. The number of aliphatic carboxylic acids is 1. The Kier molecular flexibility index (Phi) is 5.26. The molecule has 0 aromatic carbocycles. The second-order valence-corrected chi connectivity index (χ2v) is 5.92. The van der Waals surface area contributed by atoms with Crippen molar-refractivity contribution in [3.8, 4) is 11.5 Å². The molecule has 0 aliphatic heterocycles. The largest absolute Gasteiger partial charge is 0.480 e. The number of nitrogens with zero attached hydrogens (tertiary/aromatic N) is 2. The van der Waals surface area contributed by atoms with Gasteiger partial charge in [0.1, 0.15) is 6.04 Å². The summed E-state index contributed by atoms with van der Waals surface area (Å²) < 4.78 is 5.47. The van der Waals surface area contributed by atoms with Crippen LogP contribution in [0.15, 0.2) is 21.2 Å². The number of thiophene rings is 1. The summed E-state index contributed by atoms with van der Waals surface area (Å²) in [5.41, 5.74) is 0.846. The van der Waals surface area contributed by atoms with Gasteiger partial charge in [-0.3, -0.25) is 4.79 Å². The molecule has 1 atom stereocenters. The number of carboxylic acid groups (broad SMARTS) is 1. The Morgan fingerprint density at radius 1 is 1.41 bits per heavy atom. The Hall–Kier alpha value is -2.22. The van der Waals surface area contributed by atoms with Gasteiger partial charge in [0.05, 0.1) is 0 Å². The molecule has 2 aromatic heterocycles. The minimum absolute atomic E-state index is 0.0990. The molecule has 1 unspecified atom stereocenters. The van der Waals surface area contributed by atoms with Crippen LogP contribution in [0.4, 0.5) is 0 Å². The monoisotopic (exact) mass is 323 g/mol. The molecule has 0 aliphatic rings. The fourth-order valence-electron chi connectivity index (χ4n) is 1.84. The molecular formula is C14H17N3O4S. The van der Waals surface area contributed by atoms with Crippen molar-refractivity contribution in [1.82, 2.24) is 15.5 Å². The van der Waals surface area contributed by atoms with E-state index in [2.05, 4.69) is 15.5 Å². The van der Waals surface area contributed by atoms with Crippen molar-refractivity contribution in [2.24, 2.45) is 5.92 Å². The molecule has 22 heavy (non-hydrogen) atoms. The van der Waals surface area contributed by atoms with Crippen LogP contribution in [0.2, 0.25) is 0 Å². The van der Waals surface area contributed by atoms with E-state index in [1.807, 2.05) is 16.8 Å². The van der Waals surface area contributed by atoms with Gasteiger partial charge in [0, 0.05) is 23.8 Å². The molecule has 0 radical (unpaired) electrons. The van der Waals surface area contributed by atoms with Crippen molar-refractivity contribution < 1.29 is 19.1 Å². The molecule has 0 saturated carbocycles. The molecule has 0 aliphatic carbocycles. The van der Waals surface area contributed by atoms with Gasteiger partial charge in [-0.05, 0) is 17.4 Å². The highest BCUT2D eigenvalue weighted by atomic mass is 32.1. The molecule has 0 fully saturated rings. The van der Waals surface area contributed by atoms with Crippen molar-refractivity contribution in [3.63, 3.8) is 0 Å². The summed E-state index contributed by atoms with van der Waals surface area (Å²) in [5.74, 6) is -0.803. The molecule has 2 heterocycles. The van der Waals surface area contributed by atoms with Crippen LogP contribution in [0.3, 0.4) is 0 Å². The maximum atomic E-state index is 11.8. The standard InChI is InChI=1S/C14H17N3O4S/c1-8(2)12(14(19)20)15-10(18)3-4-11-16-17-13(21-11)9-5-6-22-7-9/h5-8,12H,3-4H2,1-2H3,(H,15,18)(H,19,20). The molecule has 2 rings (SSSR count).